The maximum atomic E-state index is 6.18. The molecule has 0 saturated heterocycles. The van der Waals surface area contributed by atoms with Crippen molar-refractivity contribution < 1.29 is 0 Å². The van der Waals surface area contributed by atoms with E-state index in [9.17, 15) is 0 Å². The Morgan fingerprint density at radius 3 is 2.45 bits per heavy atom. The fourth-order valence-electron chi connectivity index (χ4n) is 2.35. The first kappa shape index (κ1) is 14.4. The summed E-state index contributed by atoms with van der Waals surface area (Å²) < 4.78 is 1.97. The first-order chi connectivity index (χ1) is 9.54. The molecule has 3 N–H and O–H groups in total. The summed E-state index contributed by atoms with van der Waals surface area (Å²) in [6.07, 6.45) is 0.992. The van der Waals surface area contributed by atoms with Crippen molar-refractivity contribution in [1.82, 2.24) is 9.78 Å². The Morgan fingerprint density at radius 1 is 1.25 bits per heavy atom. The van der Waals surface area contributed by atoms with Gasteiger partial charge in [-0.15, -0.1) is 0 Å². The van der Waals surface area contributed by atoms with Crippen LogP contribution in [0.4, 0.5) is 11.5 Å². The number of benzene rings is 1. The van der Waals surface area contributed by atoms with Crippen LogP contribution in [0.15, 0.2) is 30.3 Å². The van der Waals surface area contributed by atoms with Gasteiger partial charge in [-0.1, -0.05) is 37.3 Å². The fraction of sp³-hybridized carbons (Fsp3) is 0.438. The molecule has 0 fully saturated rings. The summed E-state index contributed by atoms with van der Waals surface area (Å²) >= 11 is 0. The number of nitrogen functional groups attached to an aromatic ring is 1. The largest absolute Gasteiger partial charge is 0.394 e. The number of hydrogen-bond acceptors (Lipinski definition) is 3. The van der Waals surface area contributed by atoms with Gasteiger partial charge < -0.3 is 11.1 Å². The molecule has 1 heterocycles. The zero-order chi connectivity index (χ0) is 14.7. The van der Waals surface area contributed by atoms with Gasteiger partial charge in [-0.3, -0.25) is 0 Å². The highest BCUT2D eigenvalue weighted by Crippen LogP contribution is 2.30. The number of nitrogens with zero attached hydrogens (tertiary/aromatic N) is 2. The summed E-state index contributed by atoms with van der Waals surface area (Å²) in [7, 11) is 0. The van der Waals surface area contributed by atoms with Gasteiger partial charge in [-0.2, -0.15) is 5.10 Å². The second-order valence-electron chi connectivity index (χ2n) is 5.40. The lowest BCUT2D eigenvalue weighted by Crippen LogP contribution is -2.15. The molecular weight excluding hydrogens is 248 g/mol. The molecule has 1 aromatic carbocycles. The Hall–Kier alpha value is -1.97. The van der Waals surface area contributed by atoms with E-state index in [0.717, 1.165) is 23.6 Å². The third-order valence-corrected chi connectivity index (χ3v) is 3.54. The monoisotopic (exact) mass is 272 g/mol. The average Bonchev–Trinajstić information content (AvgIpc) is 2.73. The average molecular weight is 272 g/mol. The fourth-order valence-corrected chi connectivity index (χ4v) is 2.35. The van der Waals surface area contributed by atoms with Crippen molar-refractivity contribution in [2.24, 2.45) is 0 Å². The molecule has 20 heavy (non-hydrogen) atoms. The predicted octanol–water partition coefficient (Wildman–Crippen LogP) is 3.92. The van der Waals surface area contributed by atoms with Crippen LogP contribution in [0.3, 0.4) is 0 Å². The second kappa shape index (κ2) is 5.99. The summed E-state index contributed by atoms with van der Waals surface area (Å²) in [5, 5.41) is 8.08. The van der Waals surface area contributed by atoms with Gasteiger partial charge in [0.2, 0.25) is 0 Å². The van der Waals surface area contributed by atoms with Crippen molar-refractivity contribution in [3.63, 3.8) is 0 Å². The molecule has 0 spiro atoms. The molecule has 2 rings (SSSR count). The minimum absolute atomic E-state index is 0.243. The number of aryl methyl sites for hydroxylation is 1. The Balaban J connectivity index is 2.33. The Kier molecular flexibility index (Phi) is 4.32. The molecule has 4 nitrogen and oxygen atoms in total. The lowest BCUT2D eigenvalue weighted by molar-refractivity contribution is 0.530. The van der Waals surface area contributed by atoms with Gasteiger partial charge in [0.25, 0.3) is 0 Å². The van der Waals surface area contributed by atoms with E-state index in [1.165, 1.54) is 5.56 Å². The SMILES string of the molecule is CCC(Nc1c(N)c(C)nn1C(C)C)c1ccccc1. The molecule has 1 aromatic heterocycles. The van der Waals surface area contributed by atoms with Crippen molar-refractivity contribution in [1.29, 1.82) is 0 Å². The normalized spacial score (nSPS) is 12.7. The maximum absolute atomic E-state index is 6.18. The van der Waals surface area contributed by atoms with Gasteiger partial charge in [-0.25, -0.2) is 4.68 Å². The number of rotatable bonds is 5. The number of nitrogens with two attached hydrogens (primary N) is 1. The topological polar surface area (TPSA) is 55.9 Å². The number of anilines is 2. The second-order valence-corrected chi connectivity index (χ2v) is 5.40. The van der Waals surface area contributed by atoms with E-state index >= 15 is 0 Å². The zero-order valence-corrected chi connectivity index (χ0v) is 12.7. The highest BCUT2D eigenvalue weighted by atomic mass is 15.4. The maximum Gasteiger partial charge on any atom is 0.148 e. The number of nitrogens with one attached hydrogen (secondary N) is 1. The molecule has 108 valence electrons. The number of aromatic nitrogens is 2. The van der Waals surface area contributed by atoms with Crippen LogP contribution < -0.4 is 11.1 Å². The lowest BCUT2D eigenvalue weighted by atomic mass is 10.0. The Bertz CT molecular complexity index is 557. The lowest BCUT2D eigenvalue weighted by Gasteiger charge is -2.21. The standard InChI is InChI=1S/C16H24N4/c1-5-14(13-9-7-6-8-10-13)18-16-15(17)12(4)19-20(16)11(2)3/h6-11,14,18H,5,17H2,1-4H3. The van der Waals surface area contributed by atoms with Crippen molar-refractivity contribution in [3.8, 4) is 0 Å². The summed E-state index contributed by atoms with van der Waals surface area (Å²) in [5.41, 5.74) is 9.07. The molecule has 1 atom stereocenters. The van der Waals surface area contributed by atoms with Crippen molar-refractivity contribution in [2.75, 3.05) is 11.1 Å². The van der Waals surface area contributed by atoms with E-state index in [4.69, 9.17) is 5.73 Å². The van der Waals surface area contributed by atoms with E-state index in [-0.39, 0.29) is 12.1 Å². The van der Waals surface area contributed by atoms with Crippen LogP contribution in [0.2, 0.25) is 0 Å². The minimum atomic E-state index is 0.243. The van der Waals surface area contributed by atoms with Crippen LogP contribution in [0, 0.1) is 6.92 Å². The van der Waals surface area contributed by atoms with E-state index in [1.807, 2.05) is 17.7 Å². The van der Waals surface area contributed by atoms with Crippen LogP contribution in [0.5, 0.6) is 0 Å². The van der Waals surface area contributed by atoms with Gasteiger partial charge in [0.05, 0.1) is 17.4 Å². The van der Waals surface area contributed by atoms with Crippen LogP contribution >= 0.6 is 0 Å². The smallest absolute Gasteiger partial charge is 0.148 e. The van der Waals surface area contributed by atoms with Gasteiger partial charge in [-0.05, 0) is 32.8 Å². The van der Waals surface area contributed by atoms with Gasteiger partial charge in [0.1, 0.15) is 5.82 Å². The van der Waals surface area contributed by atoms with Gasteiger partial charge in [0.15, 0.2) is 0 Å². The third kappa shape index (κ3) is 2.79. The van der Waals surface area contributed by atoms with E-state index in [0.29, 0.717) is 0 Å². The van der Waals surface area contributed by atoms with Crippen LogP contribution in [0.25, 0.3) is 0 Å². The number of hydrogen-bond donors (Lipinski definition) is 2. The summed E-state index contributed by atoms with van der Waals surface area (Å²) in [6.45, 7) is 8.34. The van der Waals surface area contributed by atoms with Gasteiger partial charge >= 0.3 is 0 Å². The Labute approximate surface area is 121 Å². The summed E-state index contributed by atoms with van der Waals surface area (Å²) in [6, 6.07) is 11.0. The first-order valence-corrected chi connectivity index (χ1v) is 7.20. The summed E-state index contributed by atoms with van der Waals surface area (Å²) in [4.78, 5) is 0. The van der Waals surface area contributed by atoms with Crippen molar-refractivity contribution in [3.05, 3.63) is 41.6 Å². The van der Waals surface area contributed by atoms with E-state index in [1.54, 1.807) is 0 Å². The van der Waals surface area contributed by atoms with Crippen LogP contribution in [-0.4, -0.2) is 9.78 Å². The molecule has 2 aromatic rings. The minimum Gasteiger partial charge on any atom is -0.394 e. The molecule has 4 heteroatoms. The van der Waals surface area contributed by atoms with Crippen molar-refractivity contribution in [2.45, 2.75) is 46.2 Å². The molecule has 0 aliphatic rings. The molecule has 0 aliphatic carbocycles. The predicted molar refractivity (Wildman–Crippen MR) is 84.9 cm³/mol. The molecule has 1 unspecified atom stereocenters. The molecule has 0 amide bonds. The quantitative estimate of drug-likeness (QED) is 0.867. The zero-order valence-electron chi connectivity index (χ0n) is 12.7. The molecule has 0 saturated carbocycles. The molecule has 0 bridgehead atoms. The first-order valence-electron chi connectivity index (χ1n) is 7.20. The van der Waals surface area contributed by atoms with Crippen LogP contribution in [-0.2, 0) is 0 Å². The third-order valence-electron chi connectivity index (χ3n) is 3.54. The van der Waals surface area contributed by atoms with E-state index in [2.05, 4.69) is 55.5 Å². The van der Waals surface area contributed by atoms with E-state index < -0.39 is 0 Å². The highest BCUT2D eigenvalue weighted by molar-refractivity contribution is 5.65. The molecule has 0 aliphatic heterocycles. The molecule has 0 radical (unpaired) electrons. The van der Waals surface area contributed by atoms with Gasteiger partial charge in [0, 0.05) is 6.04 Å². The Morgan fingerprint density at radius 2 is 1.90 bits per heavy atom. The summed E-state index contributed by atoms with van der Waals surface area (Å²) in [5.74, 6) is 0.924. The molecular formula is C16H24N4. The van der Waals surface area contributed by atoms with Crippen LogP contribution in [0.1, 0.15) is 50.5 Å². The van der Waals surface area contributed by atoms with Crippen molar-refractivity contribution >= 4 is 11.5 Å². The highest BCUT2D eigenvalue weighted by Gasteiger charge is 2.18.